The van der Waals surface area contributed by atoms with Crippen molar-refractivity contribution in [2.24, 2.45) is 0 Å². The molecule has 3 nitrogen and oxygen atoms in total. The predicted molar refractivity (Wildman–Crippen MR) is 133 cm³/mol. The molecule has 1 aliphatic rings. The maximum Gasteiger partial charge on any atom is 0.673 e. The molecule has 0 bridgehead atoms. The number of allylic oxidation sites excluding steroid dienone is 5. The van der Waals surface area contributed by atoms with Gasteiger partial charge in [-0.25, -0.2) is 4.58 Å². The van der Waals surface area contributed by atoms with Crippen LogP contribution in [-0.4, -0.2) is 59.8 Å². The Morgan fingerprint density at radius 3 is 1.24 bits per heavy atom. The number of hydrogen-bond donors (Lipinski definition) is 0. The zero-order valence-electron chi connectivity index (χ0n) is 19.9. The van der Waals surface area contributed by atoms with Crippen molar-refractivity contribution in [1.82, 2.24) is 0 Å². The van der Waals surface area contributed by atoms with Crippen LogP contribution in [0, 0.1) is 0 Å². The van der Waals surface area contributed by atoms with Gasteiger partial charge >= 0.3 is 7.25 Å². The Morgan fingerprint density at radius 1 is 0.636 bits per heavy atom. The van der Waals surface area contributed by atoms with E-state index in [0.29, 0.717) is 0 Å². The minimum absolute atomic E-state index is 1.20. The molecule has 0 unspecified atom stereocenters. The summed E-state index contributed by atoms with van der Waals surface area (Å²) in [6.45, 7) is 0. The van der Waals surface area contributed by atoms with E-state index in [0.717, 1.165) is 0 Å². The van der Waals surface area contributed by atoms with Crippen LogP contribution in [0.25, 0.3) is 5.57 Å². The average molecular weight is 459 g/mol. The van der Waals surface area contributed by atoms with Crippen molar-refractivity contribution in [2.75, 3.05) is 52.1 Å². The normalized spacial score (nSPS) is 12.8. The van der Waals surface area contributed by atoms with Crippen LogP contribution in [0.1, 0.15) is 11.1 Å². The fourth-order valence-electron chi connectivity index (χ4n) is 3.28. The fourth-order valence-corrected chi connectivity index (χ4v) is 3.28. The van der Waals surface area contributed by atoms with Gasteiger partial charge in [-0.05, 0) is 58.7 Å². The van der Waals surface area contributed by atoms with Crippen molar-refractivity contribution in [2.45, 2.75) is 0 Å². The molecule has 0 aliphatic heterocycles. The Kier molecular flexibility index (Phi) is 8.68. The van der Waals surface area contributed by atoms with E-state index in [1.165, 1.54) is 39.4 Å². The van der Waals surface area contributed by atoms with Gasteiger partial charge in [-0.1, -0.05) is 24.3 Å². The SMILES string of the molecule is CN(C)c1ccc(C(=C2C=CC(=[N+](C)C)C=C2)c2ccc(N(C)C)cc2)cc1.F[B-](F)(F)F. The third kappa shape index (κ3) is 7.97. The van der Waals surface area contributed by atoms with Crippen LogP contribution in [-0.2, 0) is 0 Å². The number of benzene rings is 2. The predicted octanol–water partition coefficient (Wildman–Crippen LogP) is 5.76. The third-order valence-electron chi connectivity index (χ3n) is 5.02. The molecule has 2 aromatic carbocycles. The lowest BCUT2D eigenvalue weighted by Crippen LogP contribution is -2.10. The Bertz CT molecular complexity index is 981. The standard InChI is InChI=1S/C25H30N3.BF4/c1-26(2)22-13-7-19(8-14-22)25(20-9-15-23(16-10-20)27(3)4)21-11-17-24(18-12-21)28(5)6;2-1(3,4)5/h7-18H,1-6H3;/q+1;-1. The van der Waals surface area contributed by atoms with Crippen molar-refractivity contribution in [3.8, 4) is 0 Å². The second-order valence-electron chi connectivity index (χ2n) is 8.19. The van der Waals surface area contributed by atoms with E-state index in [1.54, 1.807) is 0 Å². The highest BCUT2D eigenvalue weighted by atomic mass is 19.5. The fraction of sp³-hybridized carbons (Fsp3) is 0.240. The average Bonchev–Trinajstić information content (AvgIpc) is 2.74. The largest absolute Gasteiger partial charge is 0.673 e. The summed E-state index contributed by atoms with van der Waals surface area (Å²) in [6, 6.07) is 17.6. The summed E-state index contributed by atoms with van der Waals surface area (Å²) in [5.74, 6) is 0. The number of hydrogen-bond acceptors (Lipinski definition) is 2. The molecular formula is C25H30BF4N3. The molecule has 8 heteroatoms. The Balaban J connectivity index is 0.000000696. The van der Waals surface area contributed by atoms with E-state index in [9.17, 15) is 17.3 Å². The Morgan fingerprint density at radius 2 is 0.970 bits per heavy atom. The minimum atomic E-state index is -6.00. The van der Waals surface area contributed by atoms with Gasteiger partial charge in [-0.3, -0.25) is 0 Å². The van der Waals surface area contributed by atoms with Gasteiger partial charge in [0, 0.05) is 51.7 Å². The van der Waals surface area contributed by atoms with Crippen LogP contribution in [0.3, 0.4) is 0 Å². The molecule has 0 aromatic heterocycles. The van der Waals surface area contributed by atoms with Crippen molar-refractivity contribution >= 4 is 29.9 Å². The van der Waals surface area contributed by atoms with Gasteiger partial charge in [-0.15, -0.1) is 0 Å². The zero-order chi connectivity index (χ0) is 24.8. The molecule has 0 saturated heterocycles. The smallest absolute Gasteiger partial charge is 0.418 e. The molecule has 2 aromatic rings. The summed E-state index contributed by atoms with van der Waals surface area (Å²) in [4.78, 5) is 4.25. The van der Waals surface area contributed by atoms with Crippen molar-refractivity contribution in [1.29, 1.82) is 0 Å². The molecule has 0 N–H and O–H groups in total. The number of nitrogens with zero attached hydrogens (tertiary/aromatic N) is 3. The highest BCUT2D eigenvalue weighted by Crippen LogP contribution is 2.31. The monoisotopic (exact) mass is 459 g/mol. The van der Waals surface area contributed by atoms with Gasteiger partial charge in [0.15, 0.2) is 5.71 Å². The maximum absolute atomic E-state index is 9.75. The van der Waals surface area contributed by atoms with E-state index in [2.05, 4.69) is 129 Å². The van der Waals surface area contributed by atoms with Crippen molar-refractivity contribution in [3.05, 3.63) is 89.5 Å². The topological polar surface area (TPSA) is 9.49 Å². The molecule has 33 heavy (non-hydrogen) atoms. The van der Waals surface area contributed by atoms with Crippen LogP contribution < -0.4 is 9.80 Å². The van der Waals surface area contributed by atoms with Gasteiger partial charge in [0.25, 0.3) is 0 Å². The lowest BCUT2D eigenvalue weighted by molar-refractivity contribution is -0.462. The number of rotatable bonds is 4. The lowest BCUT2D eigenvalue weighted by Gasteiger charge is -2.18. The summed E-state index contributed by atoms with van der Waals surface area (Å²) in [5, 5.41) is 0. The molecule has 176 valence electrons. The summed E-state index contributed by atoms with van der Waals surface area (Å²) in [6.07, 6.45) is 8.78. The highest BCUT2D eigenvalue weighted by Gasteiger charge is 2.20. The first kappa shape index (κ1) is 26.0. The van der Waals surface area contributed by atoms with Gasteiger partial charge < -0.3 is 27.1 Å². The first-order valence-electron chi connectivity index (χ1n) is 10.4. The van der Waals surface area contributed by atoms with E-state index in [4.69, 9.17) is 0 Å². The molecule has 3 rings (SSSR count). The van der Waals surface area contributed by atoms with Crippen molar-refractivity contribution in [3.63, 3.8) is 0 Å². The minimum Gasteiger partial charge on any atom is -0.418 e. The summed E-state index contributed by atoms with van der Waals surface area (Å²) in [7, 11) is 6.41. The summed E-state index contributed by atoms with van der Waals surface area (Å²) < 4.78 is 41.1. The molecule has 0 heterocycles. The Hall–Kier alpha value is -3.29. The van der Waals surface area contributed by atoms with Crippen LogP contribution in [0.15, 0.2) is 78.4 Å². The van der Waals surface area contributed by atoms with Gasteiger partial charge in [-0.2, -0.15) is 0 Å². The highest BCUT2D eigenvalue weighted by molar-refractivity contribution is 6.50. The van der Waals surface area contributed by atoms with Gasteiger partial charge in [0.1, 0.15) is 14.1 Å². The van der Waals surface area contributed by atoms with Crippen LogP contribution in [0.4, 0.5) is 28.6 Å². The molecule has 0 radical (unpaired) electrons. The number of anilines is 2. The van der Waals surface area contributed by atoms with Gasteiger partial charge in [0.2, 0.25) is 0 Å². The lowest BCUT2D eigenvalue weighted by atomic mass is 9.90. The second-order valence-corrected chi connectivity index (χ2v) is 8.19. The molecule has 0 amide bonds. The first-order chi connectivity index (χ1) is 15.4. The molecule has 0 saturated carbocycles. The zero-order valence-corrected chi connectivity index (χ0v) is 19.9. The maximum atomic E-state index is 9.75. The van der Waals surface area contributed by atoms with E-state index in [1.807, 2.05) is 0 Å². The molecule has 0 fully saturated rings. The van der Waals surface area contributed by atoms with Crippen LogP contribution in [0.2, 0.25) is 0 Å². The molecule has 0 atom stereocenters. The third-order valence-corrected chi connectivity index (χ3v) is 5.02. The summed E-state index contributed by atoms with van der Waals surface area (Å²) >= 11 is 0. The van der Waals surface area contributed by atoms with Gasteiger partial charge in [0.05, 0.1) is 0 Å². The Labute approximate surface area is 193 Å². The van der Waals surface area contributed by atoms with Crippen LogP contribution in [0.5, 0.6) is 0 Å². The van der Waals surface area contributed by atoms with E-state index in [-0.39, 0.29) is 0 Å². The quantitative estimate of drug-likeness (QED) is 0.327. The second kappa shape index (κ2) is 11.0. The van der Waals surface area contributed by atoms with Crippen LogP contribution >= 0.6 is 0 Å². The van der Waals surface area contributed by atoms with E-state index >= 15 is 0 Å². The van der Waals surface area contributed by atoms with Crippen molar-refractivity contribution < 1.29 is 21.8 Å². The molecule has 0 spiro atoms. The van der Waals surface area contributed by atoms with E-state index < -0.39 is 7.25 Å². The molecular weight excluding hydrogens is 429 g/mol. The first-order valence-corrected chi connectivity index (χ1v) is 10.4. The molecule has 1 aliphatic carbocycles. The summed E-state index contributed by atoms with van der Waals surface area (Å²) in [5.41, 5.74) is 8.53. The number of halogens is 4.